The lowest BCUT2D eigenvalue weighted by molar-refractivity contribution is 0.0730. The molecule has 0 radical (unpaired) electrons. The van der Waals surface area contributed by atoms with Crippen LogP contribution in [0.4, 0.5) is 0 Å². The third kappa shape index (κ3) is 9.34. The molecule has 0 aliphatic heterocycles. The van der Waals surface area contributed by atoms with Crippen LogP contribution in [0.1, 0.15) is 122 Å². The van der Waals surface area contributed by atoms with Crippen molar-refractivity contribution in [3.8, 4) is 22.6 Å². The second-order valence-corrected chi connectivity index (χ2v) is 18.0. The second kappa shape index (κ2) is 20.1. The van der Waals surface area contributed by atoms with Crippen LogP contribution in [0.15, 0.2) is 133 Å². The van der Waals surface area contributed by atoms with Gasteiger partial charge in [0.1, 0.15) is 11.5 Å². The summed E-state index contributed by atoms with van der Waals surface area (Å²) in [5.41, 5.74) is 7.88. The molecule has 2 unspecified atom stereocenters. The highest BCUT2D eigenvalue weighted by Gasteiger charge is 2.26. The van der Waals surface area contributed by atoms with Gasteiger partial charge in [-0.25, -0.2) is 9.59 Å². The Morgan fingerprint density at radius 3 is 1.16 bits per heavy atom. The smallest absolute Gasteiger partial charge is 0.343 e. The van der Waals surface area contributed by atoms with E-state index in [1.54, 1.807) is 0 Å². The topological polar surface area (TPSA) is 52.6 Å². The lowest BCUT2D eigenvalue weighted by Gasteiger charge is -2.23. The van der Waals surface area contributed by atoms with Crippen LogP contribution in [-0.2, 0) is 12.8 Å². The van der Waals surface area contributed by atoms with Crippen molar-refractivity contribution in [2.75, 3.05) is 0 Å². The molecule has 326 valence electrons. The SMILES string of the molecule is CCCCC(CC)Cc1ccc2c(OC(=O)c3ccc(C)cc3)c3ccccc3c(-c3c4ccccc4c(OC(=O)c4ccc(C)cc4)c4ccc(CC(CC)CCCC)cc34)c2c1. The van der Waals surface area contributed by atoms with Crippen molar-refractivity contribution in [1.29, 1.82) is 0 Å². The molecular formula is C60H62O4. The minimum absolute atomic E-state index is 0.386. The molecule has 0 saturated heterocycles. The molecule has 64 heavy (non-hydrogen) atoms. The van der Waals surface area contributed by atoms with Crippen molar-refractivity contribution in [1.82, 2.24) is 0 Å². The molecular weight excluding hydrogens is 785 g/mol. The number of ether oxygens (including phenoxy) is 2. The summed E-state index contributed by atoms with van der Waals surface area (Å²) in [6.07, 6.45) is 11.3. The summed E-state index contributed by atoms with van der Waals surface area (Å²) in [7, 11) is 0. The maximum absolute atomic E-state index is 14.1. The zero-order valence-electron chi connectivity index (χ0n) is 38.6. The maximum atomic E-state index is 14.1. The normalized spacial score (nSPS) is 12.5. The Morgan fingerprint density at radius 1 is 0.438 bits per heavy atom. The molecule has 8 rings (SSSR count). The predicted octanol–water partition coefficient (Wildman–Crippen LogP) is 16.5. The Labute approximate surface area is 379 Å². The second-order valence-electron chi connectivity index (χ2n) is 18.0. The highest BCUT2D eigenvalue weighted by atomic mass is 16.5. The van der Waals surface area contributed by atoms with Gasteiger partial charge in [0.05, 0.1) is 11.1 Å². The summed E-state index contributed by atoms with van der Waals surface area (Å²) >= 11 is 0. The standard InChI is InChI=1S/C60H62O4/c1-7-11-17-41(9-3)35-43-27-33-51-53(37-43)55(47-19-13-15-21-49(47)57(51)63-59(61)45-29-23-39(5)24-30-45)56-48-20-14-16-22-50(48)58(64-60(62)46-31-25-40(6)26-32-46)52-34-28-44(38-54(52)56)36-42(10-4)18-12-8-2/h13-16,19-34,37-38,41-42H,7-12,17-18,35-36H2,1-6H3. The van der Waals surface area contributed by atoms with E-state index in [9.17, 15) is 9.59 Å². The fraction of sp³-hybridized carbons (Fsp3) is 0.300. The molecule has 4 heteroatoms. The number of benzene rings is 8. The van der Waals surface area contributed by atoms with Crippen molar-refractivity contribution in [2.45, 2.75) is 106 Å². The Bertz CT molecular complexity index is 2740. The zero-order chi connectivity index (χ0) is 44.7. The Morgan fingerprint density at radius 2 is 0.797 bits per heavy atom. The minimum Gasteiger partial charge on any atom is -0.422 e. The Balaban J connectivity index is 1.44. The molecule has 0 heterocycles. The van der Waals surface area contributed by atoms with Gasteiger partial charge in [0.2, 0.25) is 0 Å². The van der Waals surface area contributed by atoms with Gasteiger partial charge >= 0.3 is 11.9 Å². The van der Waals surface area contributed by atoms with Crippen molar-refractivity contribution in [2.24, 2.45) is 11.8 Å². The van der Waals surface area contributed by atoms with Gasteiger partial charge in [-0.2, -0.15) is 0 Å². The Kier molecular flexibility index (Phi) is 13.9. The van der Waals surface area contributed by atoms with E-state index < -0.39 is 0 Å². The highest BCUT2D eigenvalue weighted by Crippen LogP contribution is 2.51. The summed E-state index contributed by atoms with van der Waals surface area (Å²) in [6, 6.07) is 45.4. The number of fused-ring (bicyclic) bond motifs is 4. The van der Waals surface area contributed by atoms with Gasteiger partial charge in [0.25, 0.3) is 0 Å². The molecule has 0 aliphatic rings. The van der Waals surface area contributed by atoms with Crippen LogP contribution < -0.4 is 9.47 Å². The molecule has 0 amide bonds. The fourth-order valence-electron chi connectivity index (χ4n) is 9.62. The van der Waals surface area contributed by atoms with E-state index in [1.807, 2.05) is 74.5 Å². The number of hydrogen-bond acceptors (Lipinski definition) is 4. The van der Waals surface area contributed by atoms with Crippen LogP contribution in [0.25, 0.3) is 54.2 Å². The van der Waals surface area contributed by atoms with Crippen molar-refractivity contribution < 1.29 is 19.1 Å². The third-order valence-corrected chi connectivity index (χ3v) is 13.4. The molecule has 2 atom stereocenters. The molecule has 8 aromatic rings. The maximum Gasteiger partial charge on any atom is 0.343 e. The first-order valence-corrected chi connectivity index (χ1v) is 23.7. The van der Waals surface area contributed by atoms with Crippen LogP contribution in [-0.4, -0.2) is 11.9 Å². The van der Waals surface area contributed by atoms with Gasteiger partial charge in [-0.3, -0.25) is 0 Å². The lowest BCUT2D eigenvalue weighted by atomic mass is 9.83. The summed E-state index contributed by atoms with van der Waals surface area (Å²) in [5, 5.41) is 7.54. The predicted molar refractivity (Wildman–Crippen MR) is 268 cm³/mol. The van der Waals surface area contributed by atoms with Crippen molar-refractivity contribution in [3.63, 3.8) is 0 Å². The number of carbonyl (C=O) groups is 2. The van der Waals surface area contributed by atoms with Crippen LogP contribution in [0.3, 0.4) is 0 Å². The van der Waals surface area contributed by atoms with Crippen LogP contribution in [0.5, 0.6) is 11.5 Å². The molecule has 0 bridgehead atoms. The molecule has 8 aromatic carbocycles. The average molecular weight is 847 g/mol. The van der Waals surface area contributed by atoms with Crippen LogP contribution in [0.2, 0.25) is 0 Å². The quantitative estimate of drug-likeness (QED) is 0.0520. The van der Waals surface area contributed by atoms with E-state index in [0.717, 1.165) is 91.0 Å². The number of unbranched alkanes of at least 4 members (excludes halogenated alkanes) is 2. The molecule has 0 spiro atoms. The van der Waals surface area contributed by atoms with E-state index in [4.69, 9.17) is 9.47 Å². The zero-order valence-corrected chi connectivity index (χ0v) is 38.6. The van der Waals surface area contributed by atoms with Gasteiger partial charge in [-0.15, -0.1) is 0 Å². The molecule has 0 fully saturated rings. The van der Waals surface area contributed by atoms with Gasteiger partial charge in [-0.05, 0) is 107 Å². The van der Waals surface area contributed by atoms with Crippen molar-refractivity contribution >= 4 is 55.0 Å². The monoisotopic (exact) mass is 846 g/mol. The van der Waals surface area contributed by atoms with Gasteiger partial charge < -0.3 is 9.47 Å². The van der Waals surface area contributed by atoms with Crippen LogP contribution >= 0.6 is 0 Å². The number of rotatable bonds is 17. The largest absolute Gasteiger partial charge is 0.422 e. The molecule has 0 saturated carbocycles. The van der Waals surface area contributed by atoms with Gasteiger partial charge in [0, 0.05) is 21.5 Å². The van der Waals surface area contributed by atoms with E-state index in [1.165, 1.54) is 49.7 Å². The van der Waals surface area contributed by atoms with Gasteiger partial charge in [0.15, 0.2) is 0 Å². The number of esters is 2. The third-order valence-electron chi connectivity index (χ3n) is 13.4. The van der Waals surface area contributed by atoms with Crippen molar-refractivity contribution in [3.05, 3.63) is 167 Å². The molecule has 0 aliphatic carbocycles. The summed E-state index contributed by atoms with van der Waals surface area (Å²) < 4.78 is 13.1. The first kappa shape index (κ1) is 44.4. The lowest BCUT2D eigenvalue weighted by Crippen LogP contribution is -2.10. The fourth-order valence-corrected chi connectivity index (χ4v) is 9.62. The average Bonchev–Trinajstić information content (AvgIpc) is 3.32. The van der Waals surface area contributed by atoms with E-state index in [2.05, 4.69) is 100 Å². The van der Waals surface area contributed by atoms with E-state index >= 15 is 0 Å². The highest BCUT2D eigenvalue weighted by molar-refractivity contribution is 6.27. The first-order valence-electron chi connectivity index (χ1n) is 23.7. The first-order chi connectivity index (χ1) is 31.2. The molecule has 0 aromatic heterocycles. The number of hydrogen-bond donors (Lipinski definition) is 0. The molecule has 0 N–H and O–H groups in total. The van der Waals surface area contributed by atoms with Crippen LogP contribution in [0, 0.1) is 25.7 Å². The summed E-state index contributed by atoms with van der Waals surface area (Å²) in [5.74, 6) is 1.47. The minimum atomic E-state index is -0.386. The summed E-state index contributed by atoms with van der Waals surface area (Å²) in [6.45, 7) is 13.2. The van der Waals surface area contributed by atoms with Gasteiger partial charge in [-0.1, -0.05) is 199 Å². The van der Waals surface area contributed by atoms with E-state index in [0.29, 0.717) is 34.5 Å². The summed E-state index contributed by atoms with van der Waals surface area (Å²) in [4.78, 5) is 28.1. The van der Waals surface area contributed by atoms with E-state index in [-0.39, 0.29) is 11.9 Å². The Hall–Kier alpha value is -6.26. The number of aryl methyl sites for hydroxylation is 2. The molecule has 4 nitrogen and oxygen atoms in total. The number of carbonyl (C=O) groups excluding carboxylic acids is 2.